The van der Waals surface area contributed by atoms with Crippen LogP contribution >= 0.6 is 11.3 Å². The smallest absolute Gasteiger partial charge is 0.224 e. The average Bonchev–Trinajstić information content (AvgIpc) is 3.17. The molecule has 0 spiro atoms. The van der Waals surface area contributed by atoms with Crippen LogP contribution in [0.2, 0.25) is 0 Å². The number of pyridine rings is 1. The molecule has 4 nitrogen and oxygen atoms in total. The minimum absolute atomic E-state index is 0.0302. The van der Waals surface area contributed by atoms with Crippen molar-refractivity contribution in [3.05, 3.63) is 77.9 Å². The van der Waals surface area contributed by atoms with E-state index in [2.05, 4.69) is 15.3 Å². The fraction of sp³-hybridized carbons (Fsp3) is 0.0952. The molecule has 2 aromatic heterocycles. The molecule has 4 rings (SSSR count). The highest BCUT2D eigenvalue weighted by atomic mass is 32.1. The predicted molar refractivity (Wildman–Crippen MR) is 106 cm³/mol. The number of carbonyl (C=O) groups excluding carboxylic acids is 1. The lowest BCUT2D eigenvalue weighted by Gasteiger charge is -2.07. The number of aryl methyl sites for hydroxylation is 1. The quantitative estimate of drug-likeness (QED) is 0.550. The molecular weight excluding hydrogens is 342 g/mol. The Morgan fingerprint density at radius 1 is 1.00 bits per heavy atom. The molecule has 5 heteroatoms. The van der Waals surface area contributed by atoms with E-state index >= 15 is 0 Å². The Bertz CT molecular complexity index is 1040. The number of rotatable bonds is 5. The number of aromatic nitrogens is 2. The lowest BCUT2D eigenvalue weighted by molar-refractivity contribution is -0.116. The van der Waals surface area contributed by atoms with Gasteiger partial charge in [-0.3, -0.25) is 9.78 Å². The normalized spacial score (nSPS) is 10.8. The first-order valence-corrected chi connectivity index (χ1v) is 9.31. The van der Waals surface area contributed by atoms with Gasteiger partial charge in [-0.15, -0.1) is 11.3 Å². The van der Waals surface area contributed by atoms with Crippen molar-refractivity contribution in [3.63, 3.8) is 0 Å². The van der Waals surface area contributed by atoms with E-state index in [0.29, 0.717) is 12.8 Å². The summed E-state index contributed by atoms with van der Waals surface area (Å²) in [5, 5.41) is 6.99. The van der Waals surface area contributed by atoms with Gasteiger partial charge in [0.25, 0.3) is 0 Å². The number of carbonyl (C=O) groups is 1. The Labute approximate surface area is 155 Å². The number of para-hydroxylation sites is 1. The zero-order valence-electron chi connectivity index (χ0n) is 14.1. The molecule has 0 aliphatic carbocycles. The van der Waals surface area contributed by atoms with Crippen LogP contribution in [0.4, 0.5) is 5.69 Å². The molecule has 0 fully saturated rings. The van der Waals surface area contributed by atoms with Crippen LogP contribution in [0.15, 0.2) is 72.2 Å². The van der Waals surface area contributed by atoms with E-state index in [1.807, 2.05) is 66.0 Å². The minimum Gasteiger partial charge on any atom is -0.324 e. The number of nitrogens with zero attached hydrogens (tertiary/aromatic N) is 2. The number of nitrogens with one attached hydrogen (secondary N) is 1. The van der Waals surface area contributed by atoms with Crippen molar-refractivity contribution in [2.75, 3.05) is 5.32 Å². The summed E-state index contributed by atoms with van der Waals surface area (Å²) in [6.45, 7) is 0. The maximum atomic E-state index is 12.3. The number of hydrogen-bond acceptors (Lipinski definition) is 4. The second-order valence-electron chi connectivity index (χ2n) is 5.94. The van der Waals surface area contributed by atoms with E-state index in [0.717, 1.165) is 32.9 Å². The van der Waals surface area contributed by atoms with Gasteiger partial charge < -0.3 is 5.32 Å². The van der Waals surface area contributed by atoms with Crippen LogP contribution in [0.25, 0.3) is 21.5 Å². The number of fused-ring (bicyclic) bond motifs is 1. The number of benzene rings is 2. The Morgan fingerprint density at radius 2 is 1.85 bits per heavy atom. The highest BCUT2D eigenvalue weighted by Gasteiger charge is 2.09. The summed E-state index contributed by atoms with van der Waals surface area (Å²) in [5.74, 6) is -0.0302. The summed E-state index contributed by atoms with van der Waals surface area (Å²) in [6.07, 6.45) is 2.74. The molecule has 1 N–H and O–H groups in total. The molecule has 0 aliphatic heterocycles. The van der Waals surface area contributed by atoms with Crippen LogP contribution in [-0.4, -0.2) is 15.9 Å². The molecule has 26 heavy (non-hydrogen) atoms. The molecule has 0 radical (unpaired) electrons. The van der Waals surface area contributed by atoms with Crippen LogP contribution in [0.3, 0.4) is 0 Å². The van der Waals surface area contributed by atoms with Gasteiger partial charge in [0.15, 0.2) is 0 Å². The van der Waals surface area contributed by atoms with E-state index in [1.165, 1.54) is 0 Å². The van der Waals surface area contributed by atoms with Gasteiger partial charge in [0.05, 0.1) is 16.9 Å². The number of thiazole rings is 1. The topological polar surface area (TPSA) is 54.9 Å². The molecule has 0 unspecified atom stereocenters. The molecule has 4 aromatic rings. The first-order chi connectivity index (χ1) is 12.8. The van der Waals surface area contributed by atoms with Crippen LogP contribution in [0.1, 0.15) is 12.1 Å². The predicted octanol–water partition coefficient (Wildman–Crippen LogP) is 4.93. The Morgan fingerprint density at radius 3 is 2.73 bits per heavy atom. The fourth-order valence-corrected chi connectivity index (χ4v) is 3.65. The third-order valence-corrected chi connectivity index (χ3v) is 5.03. The molecule has 0 atom stereocenters. The zero-order valence-corrected chi connectivity index (χ0v) is 14.9. The van der Waals surface area contributed by atoms with Crippen LogP contribution in [0, 0.1) is 0 Å². The van der Waals surface area contributed by atoms with Gasteiger partial charge in [-0.2, -0.15) is 0 Å². The van der Waals surface area contributed by atoms with Crippen molar-refractivity contribution in [1.29, 1.82) is 0 Å². The summed E-state index contributed by atoms with van der Waals surface area (Å²) in [4.78, 5) is 21.3. The van der Waals surface area contributed by atoms with E-state index < -0.39 is 0 Å². The monoisotopic (exact) mass is 359 g/mol. The summed E-state index contributed by atoms with van der Waals surface area (Å²) in [5.41, 5.74) is 3.61. The summed E-state index contributed by atoms with van der Waals surface area (Å²) in [6, 6.07) is 19.7. The fourth-order valence-electron chi connectivity index (χ4n) is 2.79. The summed E-state index contributed by atoms with van der Waals surface area (Å²) < 4.78 is 0. The van der Waals surface area contributed by atoms with Crippen LogP contribution in [-0.2, 0) is 11.2 Å². The van der Waals surface area contributed by atoms with Crippen molar-refractivity contribution in [1.82, 2.24) is 9.97 Å². The molecule has 0 bridgehead atoms. The van der Waals surface area contributed by atoms with Crippen molar-refractivity contribution in [3.8, 4) is 10.6 Å². The average molecular weight is 359 g/mol. The van der Waals surface area contributed by atoms with E-state index in [4.69, 9.17) is 0 Å². The summed E-state index contributed by atoms with van der Waals surface area (Å²) >= 11 is 1.61. The molecule has 0 aliphatic rings. The highest BCUT2D eigenvalue weighted by Crippen LogP contribution is 2.24. The first-order valence-electron chi connectivity index (χ1n) is 8.43. The molecule has 2 heterocycles. The van der Waals surface area contributed by atoms with Crippen molar-refractivity contribution in [2.24, 2.45) is 0 Å². The summed E-state index contributed by atoms with van der Waals surface area (Å²) in [7, 11) is 0. The molecule has 0 saturated heterocycles. The first kappa shape index (κ1) is 16.4. The highest BCUT2D eigenvalue weighted by molar-refractivity contribution is 7.13. The third-order valence-electron chi connectivity index (χ3n) is 4.09. The Balaban J connectivity index is 1.41. The zero-order chi connectivity index (χ0) is 17.8. The Hall–Kier alpha value is -3.05. The second-order valence-corrected chi connectivity index (χ2v) is 6.80. The lowest BCUT2D eigenvalue weighted by Crippen LogP contribution is -2.13. The molecule has 1 amide bonds. The Kier molecular flexibility index (Phi) is 4.71. The van der Waals surface area contributed by atoms with Crippen LogP contribution < -0.4 is 5.32 Å². The van der Waals surface area contributed by atoms with Gasteiger partial charge in [-0.05, 0) is 18.6 Å². The number of anilines is 1. The molecular formula is C21H17N3OS. The lowest BCUT2D eigenvalue weighted by atomic mass is 10.2. The standard InChI is InChI=1S/C21H17N3OS/c25-19(24-18-10-4-8-15-9-5-13-22-20(15)18)12-11-17-14-26-21(23-17)16-6-2-1-3-7-16/h1-10,13-14H,11-12H2,(H,24,25). The number of hydrogen-bond donors (Lipinski definition) is 1. The van der Waals surface area contributed by atoms with Crippen molar-refractivity contribution < 1.29 is 4.79 Å². The van der Waals surface area contributed by atoms with Gasteiger partial charge in [0.2, 0.25) is 5.91 Å². The van der Waals surface area contributed by atoms with Crippen molar-refractivity contribution in [2.45, 2.75) is 12.8 Å². The maximum absolute atomic E-state index is 12.3. The maximum Gasteiger partial charge on any atom is 0.224 e. The second kappa shape index (κ2) is 7.45. The number of amides is 1. The molecule has 128 valence electrons. The van der Waals surface area contributed by atoms with Gasteiger partial charge >= 0.3 is 0 Å². The molecule has 0 saturated carbocycles. The van der Waals surface area contributed by atoms with Gasteiger partial charge in [0.1, 0.15) is 5.01 Å². The largest absolute Gasteiger partial charge is 0.324 e. The van der Waals surface area contributed by atoms with E-state index in [1.54, 1.807) is 17.5 Å². The third kappa shape index (κ3) is 3.63. The minimum atomic E-state index is -0.0302. The van der Waals surface area contributed by atoms with Crippen molar-refractivity contribution >= 4 is 33.8 Å². The van der Waals surface area contributed by atoms with Gasteiger partial charge in [-0.1, -0.05) is 48.5 Å². The van der Waals surface area contributed by atoms with E-state index in [-0.39, 0.29) is 5.91 Å². The molecule has 2 aromatic carbocycles. The van der Waals surface area contributed by atoms with E-state index in [9.17, 15) is 4.79 Å². The van der Waals surface area contributed by atoms with Crippen LogP contribution in [0.5, 0.6) is 0 Å². The van der Waals surface area contributed by atoms with Gasteiger partial charge in [0, 0.05) is 28.9 Å². The SMILES string of the molecule is O=C(CCc1csc(-c2ccccc2)n1)Nc1cccc2cccnc12. The van der Waals surface area contributed by atoms with Gasteiger partial charge in [-0.25, -0.2) is 4.98 Å².